The van der Waals surface area contributed by atoms with E-state index in [1.807, 2.05) is 116 Å². The van der Waals surface area contributed by atoms with Gasteiger partial charge in [-0.1, -0.05) is 87.5 Å². The smallest absolute Gasteiger partial charge is 0.228 e. The van der Waals surface area contributed by atoms with Gasteiger partial charge in [0, 0.05) is 18.9 Å². The summed E-state index contributed by atoms with van der Waals surface area (Å²) in [6.45, 7) is 13.4. The van der Waals surface area contributed by atoms with Gasteiger partial charge in [-0.05, 0) is 126 Å². The van der Waals surface area contributed by atoms with Gasteiger partial charge in [-0.15, -0.1) is 0 Å². The van der Waals surface area contributed by atoms with Crippen LogP contribution in [0.2, 0.25) is 18.1 Å². The fourth-order valence-electron chi connectivity index (χ4n) is 6.93. The number of nitrogens with zero attached hydrogens (tertiary/aromatic N) is 2. The highest BCUT2D eigenvalue weighted by atomic mass is 28.4. The van der Waals surface area contributed by atoms with Crippen molar-refractivity contribution in [3.8, 4) is 11.5 Å². The molecule has 318 valence electrons. The minimum absolute atomic E-state index is 0.0793. The maximum atomic E-state index is 15.2. The lowest BCUT2D eigenvalue weighted by molar-refractivity contribution is -0.139. The molecule has 10 heteroatoms. The highest BCUT2D eigenvalue weighted by Gasteiger charge is 2.41. The Morgan fingerprint density at radius 2 is 1.37 bits per heavy atom. The average molecular weight is 832 g/mol. The molecule has 5 aromatic carbocycles. The molecule has 0 aliphatic heterocycles. The third-order valence-corrected chi connectivity index (χ3v) is 16.4. The van der Waals surface area contributed by atoms with Crippen LogP contribution in [-0.4, -0.2) is 57.8 Å². The van der Waals surface area contributed by atoms with Crippen LogP contribution in [0.25, 0.3) is 0 Å². The lowest BCUT2D eigenvalue weighted by Gasteiger charge is -2.40. The van der Waals surface area contributed by atoms with Crippen LogP contribution in [0.5, 0.6) is 11.5 Å². The first kappa shape index (κ1) is 45.8. The summed E-state index contributed by atoms with van der Waals surface area (Å²) in [5.41, 5.74) is 5.36. The normalized spacial score (nSPS) is 14.5. The Hall–Kier alpha value is -5.29. The van der Waals surface area contributed by atoms with Crippen molar-refractivity contribution in [2.45, 2.75) is 89.5 Å². The second-order valence-electron chi connectivity index (χ2n) is 17.0. The number of likely N-dealkylation sites (N-methyl/N-ethyl adjacent to an activating group) is 1. The van der Waals surface area contributed by atoms with E-state index >= 15 is 4.79 Å². The number of carbonyl (C=O) groups excluding carboxylic acids is 1. The second-order valence-corrected chi connectivity index (χ2v) is 21.7. The number of carbonyl (C=O) groups is 1. The van der Waals surface area contributed by atoms with Gasteiger partial charge in [-0.3, -0.25) is 9.79 Å². The van der Waals surface area contributed by atoms with Crippen molar-refractivity contribution in [1.82, 2.24) is 4.90 Å². The number of anilines is 1. The van der Waals surface area contributed by atoms with Crippen LogP contribution in [-0.2, 0) is 15.8 Å². The van der Waals surface area contributed by atoms with Crippen molar-refractivity contribution >= 4 is 26.1 Å². The lowest BCUT2D eigenvalue weighted by atomic mass is 9.85. The number of amides is 1. The van der Waals surface area contributed by atoms with Crippen LogP contribution in [0.3, 0.4) is 0 Å². The van der Waals surface area contributed by atoms with Gasteiger partial charge < -0.3 is 29.2 Å². The van der Waals surface area contributed by atoms with Crippen molar-refractivity contribution in [3.63, 3.8) is 0 Å². The van der Waals surface area contributed by atoms with E-state index in [1.165, 1.54) is 12.1 Å². The van der Waals surface area contributed by atoms with Gasteiger partial charge in [0.25, 0.3) is 0 Å². The third-order valence-electron chi connectivity index (χ3n) is 11.9. The molecule has 5 atom stereocenters. The van der Waals surface area contributed by atoms with Crippen LogP contribution in [0.4, 0.5) is 10.1 Å². The van der Waals surface area contributed by atoms with Gasteiger partial charge in [0.15, 0.2) is 8.32 Å². The highest BCUT2D eigenvalue weighted by Crippen LogP contribution is 2.42. The minimum Gasteiger partial charge on any atom is -0.497 e. The fraction of sp³-hybridized carbons (Fsp3) is 0.360. The van der Waals surface area contributed by atoms with E-state index in [2.05, 4.69) is 44.2 Å². The third kappa shape index (κ3) is 12.1. The largest absolute Gasteiger partial charge is 0.497 e. The second kappa shape index (κ2) is 20.8. The molecule has 60 heavy (non-hydrogen) atoms. The molecule has 0 saturated heterocycles. The predicted octanol–water partition coefficient (Wildman–Crippen LogP) is 11.4. The Kier molecular flexibility index (Phi) is 15.9. The van der Waals surface area contributed by atoms with Gasteiger partial charge >= 0.3 is 0 Å². The summed E-state index contributed by atoms with van der Waals surface area (Å²) < 4.78 is 32.1. The van der Waals surface area contributed by atoms with Crippen molar-refractivity contribution < 1.29 is 28.2 Å². The van der Waals surface area contributed by atoms with Crippen LogP contribution < -0.4 is 14.8 Å². The summed E-state index contributed by atoms with van der Waals surface area (Å²) in [6.07, 6.45) is 1.49. The summed E-state index contributed by atoms with van der Waals surface area (Å²) in [5.74, 6) is 0.444. The number of methoxy groups -OCH3 is 2. The highest BCUT2D eigenvalue weighted by molar-refractivity contribution is 6.74. The van der Waals surface area contributed by atoms with Crippen LogP contribution in [0, 0.1) is 11.7 Å². The molecule has 0 unspecified atom stereocenters. The predicted molar refractivity (Wildman–Crippen MR) is 244 cm³/mol. The molecule has 0 spiro atoms. The van der Waals surface area contributed by atoms with Crippen molar-refractivity contribution in [2.24, 2.45) is 10.9 Å². The number of halogens is 1. The summed E-state index contributed by atoms with van der Waals surface area (Å²) in [6, 6.07) is 38.6. The topological polar surface area (TPSA) is 92.6 Å². The first-order valence-corrected chi connectivity index (χ1v) is 23.6. The van der Waals surface area contributed by atoms with Crippen molar-refractivity contribution in [3.05, 3.63) is 161 Å². The first-order chi connectivity index (χ1) is 28.6. The van der Waals surface area contributed by atoms with Gasteiger partial charge in [0.2, 0.25) is 5.91 Å². The molecule has 0 radical (unpaired) electrons. The number of aliphatic hydroxyl groups is 1. The molecule has 0 bridgehead atoms. The van der Waals surface area contributed by atoms with Crippen LogP contribution in [0.1, 0.15) is 86.6 Å². The number of hydrogen-bond donors (Lipinski definition) is 2. The fourth-order valence-corrected chi connectivity index (χ4v) is 8.25. The number of benzene rings is 5. The molecule has 0 aliphatic rings. The van der Waals surface area contributed by atoms with Gasteiger partial charge in [0.1, 0.15) is 17.3 Å². The first-order valence-electron chi connectivity index (χ1n) is 20.7. The SMILES string of the molecule is COc1ccc(C=NCc2ccc(N[C@H](c3ccc(OC)cc3)[C@@H](CC[C@H](O[Si](C)(C)C(C)(C)C)c3ccc(F)cc3)C(=O)N(C)[C@@H](C)[C@@H](O)c3ccccc3)cc2)cc1. The van der Waals surface area contributed by atoms with Gasteiger partial charge in [-0.25, -0.2) is 4.39 Å². The molecular weight excluding hydrogens is 770 g/mol. The Morgan fingerprint density at radius 1 is 0.800 bits per heavy atom. The van der Waals surface area contributed by atoms with E-state index in [0.717, 1.165) is 39.3 Å². The Labute approximate surface area is 357 Å². The number of nitrogens with one attached hydrogen (secondary N) is 1. The van der Waals surface area contributed by atoms with E-state index in [1.54, 1.807) is 38.3 Å². The Balaban J connectivity index is 1.50. The summed E-state index contributed by atoms with van der Waals surface area (Å²) in [4.78, 5) is 21.5. The maximum absolute atomic E-state index is 15.2. The quantitative estimate of drug-likeness (QED) is 0.0636. The molecule has 0 heterocycles. The average Bonchev–Trinajstić information content (AvgIpc) is 3.25. The molecule has 2 N–H and O–H groups in total. The van der Waals surface area contributed by atoms with Crippen LogP contribution >= 0.6 is 0 Å². The van der Waals surface area contributed by atoms with Crippen molar-refractivity contribution in [2.75, 3.05) is 26.6 Å². The number of aliphatic imine (C=N–C) groups is 1. The van der Waals surface area contributed by atoms with E-state index in [4.69, 9.17) is 13.9 Å². The molecular formula is C50H62FN3O5Si. The van der Waals surface area contributed by atoms with E-state index in [0.29, 0.717) is 25.1 Å². The van der Waals surface area contributed by atoms with Crippen LogP contribution in [0.15, 0.2) is 132 Å². The zero-order valence-corrected chi connectivity index (χ0v) is 37.6. The monoisotopic (exact) mass is 831 g/mol. The Morgan fingerprint density at radius 3 is 1.93 bits per heavy atom. The molecule has 0 saturated carbocycles. The standard InChI is InChI=1S/C50H62FN3O5Si/c1-35(48(55)40-13-11-10-12-14-40)54(5)49(56)45(31-32-46(38-19-23-41(51)24-20-38)59-60(8,9)50(2,3)4)47(39-21-29-44(58-7)30-22-39)53-42-25-15-36(16-26-42)33-52-34-37-17-27-43(57-6)28-18-37/h10-30,34-35,45-48,53,55H,31-33H2,1-9H3/t35-,45+,46-,47+,48+/m0/s1. The van der Waals surface area contributed by atoms with Gasteiger partial charge in [-0.2, -0.15) is 0 Å². The summed E-state index contributed by atoms with van der Waals surface area (Å²) >= 11 is 0. The Bertz CT molecular complexity index is 2110. The zero-order chi connectivity index (χ0) is 43.5. The number of ether oxygens (including phenoxy) is 2. The number of aliphatic hydroxyl groups excluding tert-OH is 1. The molecule has 5 rings (SSSR count). The minimum atomic E-state index is -2.32. The van der Waals surface area contributed by atoms with Gasteiger partial charge in [0.05, 0.1) is 51.0 Å². The molecule has 0 aliphatic carbocycles. The lowest BCUT2D eigenvalue weighted by Crippen LogP contribution is -2.45. The maximum Gasteiger partial charge on any atom is 0.228 e. The zero-order valence-electron chi connectivity index (χ0n) is 36.6. The van der Waals surface area contributed by atoms with Crippen molar-refractivity contribution in [1.29, 1.82) is 0 Å². The van der Waals surface area contributed by atoms with E-state index < -0.39 is 32.4 Å². The van der Waals surface area contributed by atoms with E-state index in [-0.39, 0.29) is 22.9 Å². The molecule has 0 fully saturated rings. The molecule has 1 amide bonds. The summed E-state index contributed by atoms with van der Waals surface area (Å²) in [7, 11) is 2.72. The molecule has 0 aromatic heterocycles. The summed E-state index contributed by atoms with van der Waals surface area (Å²) in [5, 5.41) is 15.2. The molecule has 5 aromatic rings. The number of rotatable bonds is 19. The number of hydrogen-bond acceptors (Lipinski definition) is 7. The molecule has 8 nitrogen and oxygen atoms in total. The van der Waals surface area contributed by atoms with E-state index in [9.17, 15) is 9.50 Å².